The van der Waals surface area contributed by atoms with Crippen LogP contribution in [0.1, 0.15) is 6.42 Å². The highest BCUT2D eigenvalue weighted by Gasteiger charge is 2.45. The van der Waals surface area contributed by atoms with Gasteiger partial charge in [-0.1, -0.05) is 33.6 Å². The number of benzene rings is 2. The van der Waals surface area contributed by atoms with Crippen molar-refractivity contribution in [2.45, 2.75) is 12.5 Å². The zero-order valence-electron chi connectivity index (χ0n) is 15.8. The zero-order valence-corrected chi connectivity index (χ0v) is 19.0. The van der Waals surface area contributed by atoms with Crippen molar-refractivity contribution in [1.29, 1.82) is 0 Å². The van der Waals surface area contributed by atoms with Crippen molar-refractivity contribution in [2.75, 3.05) is 23.9 Å². The van der Waals surface area contributed by atoms with Crippen LogP contribution in [0.15, 0.2) is 53.0 Å². The van der Waals surface area contributed by atoms with Gasteiger partial charge in [-0.15, -0.1) is 0 Å². The second kappa shape index (κ2) is 9.55. The molecule has 0 aliphatic carbocycles. The molecule has 1 saturated heterocycles. The number of anilines is 2. The third-order valence-electron chi connectivity index (χ3n) is 4.42. The van der Waals surface area contributed by atoms with E-state index in [1.54, 1.807) is 48.5 Å². The molecular formula is C20H17BrClN3O4S. The molecule has 1 heterocycles. The van der Waals surface area contributed by atoms with Crippen LogP contribution in [0.5, 0.6) is 0 Å². The van der Waals surface area contributed by atoms with Gasteiger partial charge >= 0.3 is 5.97 Å². The molecule has 1 aliphatic heterocycles. The van der Waals surface area contributed by atoms with Crippen molar-refractivity contribution in [2.24, 2.45) is 0 Å². The van der Waals surface area contributed by atoms with Gasteiger partial charge in [-0.3, -0.25) is 19.3 Å². The Morgan fingerprint density at radius 1 is 1.23 bits per heavy atom. The lowest BCUT2D eigenvalue weighted by Crippen LogP contribution is -2.41. The summed E-state index contributed by atoms with van der Waals surface area (Å²) in [5, 5.41) is 3.28. The van der Waals surface area contributed by atoms with Crippen LogP contribution in [-0.4, -0.2) is 47.5 Å². The van der Waals surface area contributed by atoms with Crippen LogP contribution < -0.4 is 10.2 Å². The van der Waals surface area contributed by atoms with E-state index in [0.717, 1.165) is 4.47 Å². The van der Waals surface area contributed by atoms with Gasteiger partial charge in [0, 0.05) is 15.2 Å². The number of hydrogen-bond donors (Lipinski definition) is 1. The summed E-state index contributed by atoms with van der Waals surface area (Å²) in [6, 6.07) is 12.7. The van der Waals surface area contributed by atoms with Crippen LogP contribution in [0.4, 0.5) is 11.4 Å². The molecule has 156 valence electrons. The Morgan fingerprint density at radius 3 is 2.57 bits per heavy atom. The second-order valence-electron chi connectivity index (χ2n) is 6.42. The summed E-state index contributed by atoms with van der Waals surface area (Å²) in [5.41, 5.74) is 1.05. The molecule has 0 bridgehead atoms. The average molecular weight is 511 g/mol. The molecule has 30 heavy (non-hydrogen) atoms. The number of methoxy groups -OCH3 is 1. The summed E-state index contributed by atoms with van der Waals surface area (Å²) in [7, 11) is 1.24. The fourth-order valence-electron chi connectivity index (χ4n) is 2.99. The summed E-state index contributed by atoms with van der Waals surface area (Å²) >= 11 is 14.8. The third kappa shape index (κ3) is 4.97. The number of esters is 1. The summed E-state index contributed by atoms with van der Waals surface area (Å²) in [6.07, 6.45) is -0.191. The van der Waals surface area contributed by atoms with E-state index in [2.05, 4.69) is 21.2 Å². The number of rotatable bonds is 6. The van der Waals surface area contributed by atoms with E-state index in [4.69, 9.17) is 28.6 Å². The van der Waals surface area contributed by atoms with Crippen molar-refractivity contribution < 1.29 is 19.1 Å². The first kappa shape index (κ1) is 22.2. The number of halogens is 2. The fourth-order valence-corrected chi connectivity index (χ4v) is 3.83. The number of thiocarbonyl (C=S) groups is 1. The van der Waals surface area contributed by atoms with E-state index < -0.39 is 17.9 Å². The van der Waals surface area contributed by atoms with E-state index in [-0.39, 0.29) is 24.0 Å². The van der Waals surface area contributed by atoms with Crippen molar-refractivity contribution in [1.82, 2.24) is 4.90 Å². The molecule has 0 spiro atoms. The van der Waals surface area contributed by atoms with Gasteiger partial charge in [0.05, 0.1) is 19.2 Å². The Morgan fingerprint density at radius 2 is 1.93 bits per heavy atom. The normalized spacial score (nSPS) is 16.0. The second-order valence-corrected chi connectivity index (χ2v) is 8.13. The largest absolute Gasteiger partial charge is 0.468 e. The molecule has 7 nitrogen and oxygen atoms in total. The molecule has 1 atom stereocenters. The molecular weight excluding hydrogens is 494 g/mol. The van der Waals surface area contributed by atoms with Crippen molar-refractivity contribution in [3.63, 3.8) is 0 Å². The molecule has 2 aromatic carbocycles. The first-order valence-corrected chi connectivity index (χ1v) is 10.4. The topological polar surface area (TPSA) is 79.0 Å². The van der Waals surface area contributed by atoms with E-state index in [1.807, 2.05) is 0 Å². The molecule has 3 rings (SSSR count). The van der Waals surface area contributed by atoms with Crippen LogP contribution in [0.3, 0.4) is 0 Å². The summed E-state index contributed by atoms with van der Waals surface area (Å²) in [4.78, 5) is 40.3. The van der Waals surface area contributed by atoms with Crippen LogP contribution in [0.2, 0.25) is 5.02 Å². The maximum atomic E-state index is 13.2. The number of ether oxygens (including phenoxy) is 1. The molecule has 0 radical (unpaired) electrons. The highest BCUT2D eigenvalue weighted by molar-refractivity contribution is 9.10. The average Bonchev–Trinajstić information content (AvgIpc) is 2.93. The number of nitrogens with zero attached hydrogens (tertiary/aromatic N) is 2. The molecule has 0 aromatic heterocycles. The smallest absolute Gasteiger partial charge is 0.325 e. The Bertz CT molecular complexity index is 1000. The first-order valence-electron chi connectivity index (χ1n) is 8.82. The lowest BCUT2D eigenvalue weighted by molar-refractivity contribution is -0.141. The van der Waals surface area contributed by atoms with Crippen LogP contribution in [0, 0.1) is 0 Å². The summed E-state index contributed by atoms with van der Waals surface area (Å²) in [5.74, 6) is -1.38. The van der Waals surface area contributed by atoms with Gasteiger partial charge in [-0.2, -0.15) is 0 Å². The minimum atomic E-state index is -0.953. The van der Waals surface area contributed by atoms with Gasteiger partial charge in [0.25, 0.3) is 5.91 Å². The van der Waals surface area contributed by atoms with Gasteiger partial charge in [0.2, 0.25) is 5.91 Å². The van der Waals surface area contributed by atoms with Crippen molar-refractivity contribution in [3.8, 4) is 0 Å². The SMILES string of the molecule is COC(=O)CN1C(=S)N(c2cccc(Cl)c2)C(=O)C1CC(=O)Nc1ccc(Br)cc1. The summed E-state index contributed by atoms with van der Waals surface area (Å²) in [6.45, 7) is -0.256. The van der Waals surface area contributed by atoms with E-state index in [0.29, 0.717) is 16.4 Å². The minimum Gasteiger partial charge on any atom is -0.468 e. The highest BCUT2D eigenvalue weighted by Crippen LogP contribution is 2.29. The number of nitrogens with one attached hydrogen (secondary N) is 1. The van der Waals surface area contributed by atoms with Crippen LogP contribution >= 0.6 is 39.7 Å². The van der Waals surface area contributed by atoms with E-state index >= 15 is 0 Å². The minimum absolute atomic E-state index is 0.106. The van der Waals surface area contributed by atoms with Gasteiger partial charge in [-0.05, 0) is 54.7 Å². The van der Waals surface area contributed by atoms with Crippen molar-refractivity contribution in [3.05, 3.63) is 58.0 Å². The van der Waals surface area contributed by atoms with Crippen molar-refractivity contribution >= 4 is 74.0 Å². The van der Waals surface area contributed by atoms with Gasteiger partial charge in [0.15, 0.2) is 5.11 Å². The maximum Gasteiger partial charge on any atom is 0.325 e. The number of carbonyl (C=O) groups excluding carboxylic acids is 3. The number of amides is 2. The predicted molar refractivity (Wildman–Crippen MR) is 121 cm³/mol. The Balaban J connectivity index is 1.84. The fraction of sp³-hybridized carbons (Fsp3) is 0.200. The molecule has 1 unspecified atom stereocenters. The maximum absolute atomic E-state index is 13.2. The lowest BCUT2D eigenvalue weighted by Gasteiger charge is -2.22. The monoisotopic (exact) mass is 509 g/mol. The lowest BCUT2D eigenvalue weighted by atomic mass is 10.1. The van der Waals surface area contributed by atoms with Crippen LogP contribution in [-0.2, 0) is 19.1 Å². The van der Waals surface area contributed by atoms with Gasteiger partial charge in [-0.25, -0.2) is 0 Å². The van der Waals surface area contributed by atoms with E-state index in [1.165, 1.54) is 16.9 Å². The Kier molecular flexibility index (Phi) is 7.06. The van der Waals surface area contributed by atoms with Gasteiger partial charge in [0.1, 0.15) is 12.6 Å². The van der Waals surface area contributed by atoms with E-state index in [9.17, 15) is 14.4 Å². The molecule has 1 aliphatic rings. The Hall–Kier alpha value is -2.49. The van der Waals surface area contributed by atoms with Crippen LogP contribution in [0.25, 0.3) is 0 Å². The molecule has 1 fully saturated rings. The molecule has 10 heteroatoms. The highest BCUT2D eigenvalue weighted by atomic mass is 79.9. The molecule has 0 saturated carbocycles. The number of hydrogen-bond acceptors (Lipinski definition) is 5. The summed E-state index contributed by atoms with van der Waals surface area (Å²) < 4.78 is 5.59. The molecule has 2 amide bonds. The molecule has 2 aromatic rings. The first-order chi connectivity index (χ1) is 14.3. The standard InChI is InChI=1S/C20H17BrClN3O4S/c1-29-18(27)11-24-16(10-17(26)23-14-7-5-12(21)6-8-14)19(28)25(20(24)30)15-4-2-3-13(22)9-15/h2-9,16H,10-11H2,1H3,(H,23,26). The van der Waals surface area contributed by atoms with Gasteiger partial charge < -0.3 is 15.0 Å². The molecule has 1 N–H and O–H groups in total. The third-order valence-corrected chi connectivity index (χ3v) is 5.60. The number of carbonyl (C=O) groups is 3. The quantitative estimate of drug-likeness (QED) is 0.473. The predicted octanol–water partition coefficient (Wildman–Crippen LogP) is 3.61. The zero-order chi connectivity index (χ0) is 21.8. The Labute approximate surface area is 192 Å².